The van der Waals surface area contributed by atoms with Crippen molar-refractivity contribution in [3.05, 3.63) is 16.7 Å². The summed E-state index contributed by atoms with van der Waals surface area (Å²) in [5, 5.41) is 2.94. The van der Waals surface area contributed by atoms with Crippen LogP contribution in [0, 0.1) is 0 Å². The summed E-state index contributed by atoms with van der Waals surface area (Å²) < 4.78 is 9.78. The van der Waals surface area contributed by atoms with E-state index in [4.69, 9.17) is 9.47 Å². The molecule has 1 atom stereocenters. The molecular formula is C12H19N3O4. The van der Waals surface area contributed by atoms with Crippen molar-refractivity contribution in [2.75, 3.05) is 19.5 Å². The number of methoxy groups -OCH3 is 2. The van der Waals surface area contributed by atoms with Gasteiger partial charge in [-0.3, -0.25) is 4.79 Å². The molecule has 0 aliphatic heterocycles. The molecule has 0 saturated heterocycles. The first kappa shape index (κ1) is 15.0. The largest absolute Gasteiger partial charge is 0.489 e. The summed E-state index contributed by atoms with van der Waals surface area (Å²) in [6, 6.07) is 0. The zero-order chi connectivity index (χ0) is 14.5. The molecule has 106 valence electrons. The second-order valence-corrected chi connectivity index (χ2v) is 4.31. The lowest BCUT2D eigenvalue weighted by molar-refractivity contribution is -0.145. The molecule has 1 aromatic heterocycles. The van der Waals surface area contributed by atoms with Gasteiger partial charge in [-0.15, -0.1) is 0 Å². The third-order valence-electron chi connectivity index (χ3n) is 2.79. The number of nitrogens with zero attached hydrogens (tertiary/aromatic N) is 1. The molecule has 0 aliphatic rings. The number of aromatic nitrogens is 2. The molecule has 7 heteroatoms. The lowest BCUT2D eigenvalue weighted by atomic mass is 9.96. The van der Waals surface area contributed by atoms with Crippen LogP contribution in [0.2, 0.25) is 0 Å². The first-order chi connectivity index (χ1) is 8.98. The van der Waals surface area contributed by atoms with E-state index in [1.807, 2.05) is 6.92 Å². The van der Waals surface area contributed by atoms with Gasteiger partial charge in [0.15, 0.2) is 5.82 Å². The molecule has 0 fully saturated rings. The van der Waals surface area contributed by atoms with Crippen LogP contribution in [0.5, 0.6) is 5.75 Å². The number of carbonyl (C=O) groups excluding carboxylic acids is 1. The van der Waals surface area contributed by atoms with Crippen molar-refractivity contribution in [2.45, 2.75) is 32.2 Å². The molecule has 0 radical (unpaired) electrons. The van der Waals surface area contributed by atoms with Crippen molar-refractivity contribution in [3.63, 3.8) is 0 Å². The van der Waals surface area contributed by atoms with Gasteiger partial charge in [0.25, 0.3) is 5.56 Å². The zero-order valence-electron chi connectivity index (χ0n) is 11.6. The highest BCUT2D eigenvalue weighted by molar-refractivity contribution is 5.84. The lowest BCUT2D eigenvalue weighted by Gasteiger charge is -2.28. The smallest absolute Gasteiger partial charge is 0.331 e. The number of rotatable bonds is 6. The van der Waals surface area contributed by atoms with Crippen LogP contribution in [-0.4, -0.2) is 35.7 Å². The standard InChI is InChI=1S/C12H19N3O4/c1-5-6-12(2,11(17)19-4)15-9-8(18-3)10(16)14-7-13-9/h7H,5-6H2,1-4H3,(H2,13,14,15,16). The van der Waals surface area contributed by atoms with Crippen molar-refractivity contribution in [2.24, 2.45) is 0 Å². The summed E-state index contributed by atoms with van der Waals surface area (Å²) in [5.41, 5.74) is -1.37. The van der Waals surface area contributed by atoms with Crippen LogP contribution in [-0.2, 0) is 9.53 Å². The van der Waals surface area contributed by atoms with Gasteiger partial charge in [0.1, 0.15) is 5.54 Å². The molecule has 2 N–H and O–H groups in total. The van der Waals surface area contributed by atoms with E-state index in [2.05, 4.69) is 15.3 Å². The van der Waals surface area contributed by atoms with Gasteiger partial charge in [0.05, 0.1) is 20.5 Å². The van der Waals surface area contributed by atoms with E-state index >= 15 is 0 Å². The van der Waals surface area contributed by atoms with Gasteiger partial charge >= 0.3 is 5.97 Å². The number of hydrogen-bond donors (Lipinski definition) is 2. The number of anilines is 1. The normalized spacial score (nSPS) is 13.5. The monoisotopic (exact) mass is 269 g/mol. The van der Waals surface area contributed by atoms with E-state index in [-0.39, 0.29) is 11.6 Å². The SMILES string of the molecule is CCCC(C)(Nc1nc[nH]c(=O)c1OC)C(=O)OC. The van der Waals surface area contributed by atoms with E-state index in [1.165, 1.54) is 20.5 Å². The topological polar surface area (TPSA) is 93.3 Å². The Balaban J connectivity index is 3.13. The first-order valence-electron chi connectivity index (χ1n) is 5.96. The van der Waals surface area contributed by atoms with Gasteiger partial charge in [0.2, 0.25) is 5.75 Å². The fourth-order valence-corrected chi connectivity index (χ4v) is 1.87. The maximum absolute atomic E-state index is 11.9. The summed E-state index contributed by atoms with van der Waals surface area (Å²) in [4.78, 5) is 29.8. The minimum atomic E-state index is -0.961. The molecule has 0 spiro atoms. The van der Waals surface area contributed by atoms with Gasteiger partial charge < -0.3 is 19.8 Å². The van der Waals surface area contributed by atoms with Crippen molar-refractivity contribution >= 4 is 11.8 Å². The van der Waals surface area contributed by atoms with Crippen LogP contribution >= 0.6 is 0 Å². The molecule has 0 aromatic carbocycles. The maximum Gasteiger partial charge on any atom is 0.331 e. The van der Waals surface area contributed by atoms with Gasteiger partial charge in [-0.2, -0.15) is 0 Å². The highest BCUT2D eigenvalue weighted by atomic mass is 16.5. The fourth-order valence-electron chi connectivity index (χ4n) is 1.87. The minimum Gasteiger partial charge on any atom is -0.489 e. The number of aromatic amines is 1. The minimum absolute atomic E-state index is 0.0359. The molecule has 0 saturated carbocycles. The third kappa shape index (κ3) is 3.24. The summed E-state index contributed by atoms with van der Waals surface area (Å²) in [5.74, 6) is -0.167. The number of H-pyrrole nitrogens is 1. The van der Waals surface area contributed by atoms with E-state index in [0.29, 0.717) is 6.42 Å². The number of nitrogens with one attached hydrogen (secondary N) is 2. The molecule has 0 bridgehead atoms. The molecular weight excluding hydrogens is 250 g/mol. The van der Waals surface area contributed by atoms with Crippen LogP contribution in [0.25, 0.3) is 0 Å². The van der Waals surface area contributed by atoms with Gasteiger partial charge in [-0.1, -0.05) is 13.3 Å². The lowest BCUT2D eigenvalue weighted by Crippen LogP contribution is -2.44. The number of hydrogen-bond acceptors (Lipinski definition) is 6. The third-order valence-corrected chi connectivity index (χ3v) is 2.79. The Morgan fingerprint density at radius 2 is 2.21 bits per heavy atom. The Morgan fingerprint density at radius 1 is 1.53 bits per heavy atom. The Kier molecular flexibility index (Phi) is 4.91. The molecule has 1 heterocycles. The van der Waals surface area contributed by atoms with Gasteiger partial charge in [0, 0.05) is 0 Å². The van der Waals surface area contributed by atoms with E-state index in [9.17, 15) is 9.59 Å². The number of esters is 1. The average molecular weight is 269 g/mol. The summed E-state index contributed by atoms with van der Waals surface area (Å²) in [7, 11) is 2.69. The molecule has 19 heavy (non-hydrogen) atoms. The molecule has 1 aromatic rings. The summed E-state index contributed by atoms with van der Waals surface area (Å²) in [6.45, 7) is 3.65. The van der Waals surface area contributed by atoms with E-state index < -0.39 is 17.1 Å². The molecule has 0 aliphatic carbocycles. The molecule has 1 rings (SSSR count). The van der Waals surface area contributed by atoms with E-state index in [0.717, 1.165) is 6.42 Å². The quantitative estimate of drug-likeness (QED) is 0.746. The Hall–Kier alpha value is -2.05. The number of carbonyl (C=O) groups is 1. The summed E-state index contributed by atoms with van der Waals surface area (Å²) in [6.07, 6.45) is 2.55. The van der Waals surface area contributed by atoms with Crippen LogP contribution in [0.4, 0.5) is 5.82 Å². The maximum atomic E-state index is 11.9. The predicted molar refractivity (Wildman–Crippen MR) is 70.4 cm³/mol. The second kappa shape index (κ2) is 6.21. The van der Waals surface area contributed by atoms with Gasteiger partial charge in [-0.05, 0) is 13.3 Å². The van der Waals surface area contributed by atoms with Crippen LogP contribution in [0.3, 0.4) is 0 Å². The second-order valence-electron chi connectivity index (χ2n) is 4.31. The van der Waals surface area contributed by atoms with Crippen molar-refractivity contribution < 1.29 is 14.3 Å². The van der Waals surface area contributed by atoms with Gasteiger partial charge in [-0.25, -0.2) is 9.78 Å². The summed E-state index contributed by atoms with van der Waals surface area (Å²) >= 11 is 0. The van der Waals surface area contributed by atoms with Crippen LogP contribution in [0.1, 0.15) is 26.7 Å². The average Bonchev–Trinajstić information content (AvgIpc) is 2.38. The Labute approximate surface area is 111 Å². The predicted octanol–water partition coefficient (Wildman–Crippen LogP) is 0.922. The zero-order valence-corrected chi connectivity index (χ0v) is 11.6. The van der Waals surface area contributed by atoms with Crippen molar-refractivity contribution in [3.8, 4) is 5.75 Å². The Bertz CT molecular complexity index is 500. The molecule has 0 amide bonds. The van der Waals surface area contributed by atoms with Crippen LogP contribution in [0.15, 0.2) is 11.1 Å². The van der Waals surface area contributed by atoms with E-state index in [1.54, 1.807) is 6.92 Å². The highest BCUT2D eigenvalue weighted by Gasteiger charge is 2.34. The highest BCUT2D eigenvalue weighted by Crippen LogP contribution is 2.24. The van der Waals surface area contributed by atoms with Crippen LogP contribution < -0.4 is 15.6 Å². The first-order valence-corrected chi connectivity index (χ1v) is 5.96. The molecule has 1 unspecified atom stereocenters. The molecule has 7 nitrogen and oxygen atoms in total. The Morgan fingerprint density at radius 3 is 2.74 bits per heavy atom. The van der Waals surface area contributed by atoms with Crippen molar-refractivity contribution in [1.29, 1.82) is 0 Å². The van der Waals surface area contributed by atoms with Crippen molar-refractivity contribution in [1.82, 2.24) is 9.97 Å². The fraction of sp³-hybridized carbons (Fsp3) is 0.583. The number of ether oxygens (including phenoxy) is 2.